The predicted molar refractivity (Wildman–Crippen MR) is 81.0 cm³/mol. The summed E-state index contributed by atoms with van der Waals surface area (Å²) in [7, 11) is 0. The number of hydrogen-bond acceptors (Lipinski definition) is 3. The maximum Gasteiger partial charge on any atom is 0.282 e. The van der Waals surface area contributed by atoms with E-state index < -0.39 is 0 Å². The zero-order valence-electron chi connectivity index (χ0n) is 10.6. The molecule has 0 aromatic heterocycles. The lowest BCUT2D eigenvalue weighted by molar-refractivity contribution is -0.385. The lowest BCUT2D eigenvalue weighted by atomic mass is 9.94. The lowest BCUT2D eigenvalue weighted by Crippen LogP contribution is -2.41. The highest BCUT2D eigenvalue weighted by atomic mass is 127. The number of nitro groups is 1. The molecule has 4 nitrogen and oxygen atoms in total. The van der Waals surface area contributed by atoms with Crippen molar-refractivity contribution in [3.05, 3.63) is 31.9 Å². The number of benzene rings is 1. The molecular formula is C13H17IN2O2. The molecule has 0 N–H and O–H groups in total. The first-order valence-corrected chi connectivity index (χ1v) is 7.27. The van der Waals surface area contributed by atoms with E-state index in [1.54, 1.807) is 6.07 Å². The number of nitro benzene ring substituents is 1. The summed E-state index contributed by atoms with van der Waals surface area (Å²) in [6.07, 6.45) is 2.45. The third kappa shape index (κ3) is 2.76. The Kier molecular flexibility index (Phi) is 4.09. The Morgan fingerprint density at radius 2 is 2.11 bits per heavy atom. The molecule has 18 heavy (non-hydrogen) atoms. The molecule has 1 fully saturated rings. The van der Waals surface area contributed by atoms with Gasteiger partial charge in [0.2, 0.25) is 0 Å². The maximum atomic E-state index is 10.8. The molecule has 1 saturated heterocycles. The van der Waals surface area contributed by atoms with Gasteiger partial charge in [-0.2, -0.15) is 0 Å². The Hall–Kier alpha value is -0.850. The molecule has 1 aliphatic heterocycles. The van der Waals surface area contributed by atoms with Crippen LogP contribution in [0.2, 0.25) is 0 Å². The molecule has 0 aliphatic carbocycles. The van der Waals surface area contributed by atoms with Crippen LogP contribution in [-0.4, -0.2) is 17.5 Å². The quantitative estimate of drug-likeness (QED) is 0.458. The number of anilines is 1. The molecule has 1 aromatic carbocycles. The van der Waals surface area contributed by atoms with Crippen molar-refractivity contribution in [2.45, 2.75) is 32.7 Å². The van der Waals surface area contributed by atoms with Crippen molar-refractivity contribution in [2.75, 3.05) is 11.4 Å². The van der Waals surface area contributed by atoms with Crippen LogP contribution in [0.3, 0.4) is 0 Å². The van der Waals surface area contributed by atoms with Gasteiger partial charge in [0.1, 0.15) is 0 Å². The molecule has 0 amide bonds. The van der Waals surface area contributed by atoms with Crippen molar-refractivity contribution in [3.8, 4) is 0 Å². The predicted octanol–water partition coefficient (Wildman–Crippen LogP) is 3.82. The van der Waals surface area contributed by atoms with Crippen molar-refractivity contribution >= 4 is 34.0 Å². The fourth-order valence-electron chi connectivity index (χ4n) is 2.47. The van der Waals surface area contributed by atoms with Gasteiger partial charge in [-0.05, 0) is 60.4 Å². The SMILES string of the molecule is CC1CCC(C)N(c2ccc([N+](=O)[O-])c(I)c2)C1. The summed E-state index contributed by atoms with van der Waals surface area (Å²) < 4.78 is 0.709. The molecule has 0 saturated carbocycles. The number of hydrogen-bond donors (Lipinski definition) is 0. The second-order valence-electron chi connectivity index (χ2n) is 5.08. The minimum Gasteiger partial charge on any atom is -0.369 e. The van der Waals surface area contributed by atoms with Crippen LogP contribution in [0.4, 0.5) is 11.4 Å². The van der Waals surface area contributed by atoms with Gasteiger partial charge >= 0.3 is 0 Å². The first kappa shape index (κ1) is 13.6. The first-order chi connectivity index (χ1) is 8.49. The topological polar surface area (TPSA) is 46.4 Å². The van der Waals surface area contributed by atoms with E-state index in [9.17, 15) is 10.1 Å². The Balaban J connectivity index is 2.28. The van der Waals surface area contributed by atoms with Crippen LogP contribution >= 0.6 is 22.6 Å². The summed E-state index contributed by atoms with van der Waals surface area (Å²) in [5, 5.41) is 10.8. The van der Waals surface area contributed by atoms with Gasteiger partial charge in [-0.3, -0.25) is 10.1 Å². The van der Waals surface area contributed by atoms with Crippen LogP contribution < -0.4 is 4.90 Å². The van der Waals surface area contributed by atoms with E-state index >= 15 is 0 Å². The first-order valence-electron chi connectivity index (χ1n) is 6.19. The van der Waals surface area contributed by atoms with Crippen molar-refractivity contribution in [2.24, 2.45) is 5.92 Å². The van der Waals surface area contributed by atoms with Crippen LogP contribution in [0, 0.1) is 19.6 Å². The molecule has 0 bridgehead atoms. The van der Waals surface area contributed by atoms with E-state index in [0.29, 0.717) is 15.5 Å². The molecule has 98 valence electrons. The minimum absolute atomic E-state index is 0.192. The highest BCUT2D eigenvalue weighted by Gasteiger charge is 2.24. The van der Waals surface area contributed by atoms with Crippen LogP contribution in [0.25, 0.3) is 0 Å². The molecular weight excluding hydrogens is 343 g/mol. The van der Waals surface area contributed by atoms with E-state index in [0.717, 1.165) is 12.2 Å². The molecule has 1 aromatic rings. The van der Waals surface area contributed by atoms with Crippen molar-refractivity contribution in [1.82, 2.24) is 0 Å². The van der Waals surface area contributed by atoms with Crippen LogP contribution in [-0.2, 0) is 0 Å². The van der Waals surface area contributed by atoms with Crippen molar-refractivity contribution in [3.63, 3.8) is 0 Å². The monoisotopic (exact) mass is 360 g/mol. The largest absolute Gasteiger partial charge is 0.369 e. The fourth-order valence-corrected chi connectivity index (χ4v) is 3.17. The standard InChI is InChI=1S/C13H17IN2O2/c1-9-3-4-10(2)15(8-9)11-5-6-13(16(17)18)12(14)7-11/h5-7,9-10H,3-4,8H2,1-2H3. The van der Waals surface area contributed by atoms with E-state index in [2.05, 4.69) is 18.7 Å². The smallest absolute Gasteiger partial charge is 0.282 e. The second-order valence-corrected chi connectivity index (χ2v) is 6.24. The summed E-state index contributed by atoms with van der Waals surface area (Å²) in [5.74, 6) is 0.689. The number of piperidine rings is 1. The molecule has 0 spiro atoms. The van der Waals surface area contributed by atoms with Gasteiger partial charge in [-0.25, -0.2) is 0 Å². The van der Waals surface area contributed by atoms with Gasteiger partial charge in [-0.1, -0.05) is 6.92 Å². The Bertz CT molecular complexity index is 464. The van der Waals surface area contributed by atoms with Gasteiger partial charge < -0.3 is 4.90 Å². The minimum atomic E-state index is -0.326. The number of halogens is 1. The van der Waals surface area contributed by atoms with Crippen LogP contribution in [0.1, 0.15) is 26.7 Å². The highest BCUT2D eigenvalue weighted by molar-refractivity contribution is 14.1. The second kappa shape index (κ2) is 5.42. The summed E-state index contributed by atoms with van der Waals surface area (Å²) in [4.78, 5) is 12.8. The number of nitrogens with zero attached hydrogens (tertiary/aromatic N) is 2. The summed E-state index contributed by atoms with van der Waals surface area (Å²) in [6, 6.07) is 5.92. The van der Waals surface area contributed by atoms with E-state index in [-0.39, 0.29) is 10.6 Å². The van der Waals surface area contributed by atoms with E-state index in [4.69, 9.17) is 0 Å². The third-order valence-electron chi connectivity index (χ3n) is 3.58. The van der Waals surface area contributed by atoms with E-state index in [1.807, 2.05) is 34.7 Å². The zero-order chi connectivity index (χ0) is 13.3. The van der Waals surface area contributed by atoms with E-state index in [1.165, 1.54) is 12.8 Å². The molecule has 2 rings (SSSR count). The third-order valence-corrected chi connectivity index (χ3v) is 4.44. The molecule has 5 heteroatoms. The average molecular weight is 360 g/mol. The molecule has 2 atom stereocenters. The van der Waals surface area contributed by atoms with Gasteiger partial charge in [0.05, 0.1) is 8.49 Å². The number of rotatable bonds is 2. The van der Waals surface area contributed by atoms with Gasteiger partial charge in [0.15, 0.2) is 0 Å². The van der Waals surface area contributed by atoms with Crippen molar-refractivity contribution in [1.29, 1.82) is 0 Å². The van der Waals surface area contributed by atoms with Gasteiger partial charge in [-0.15, -0.1) is 0 Å². The molecule has 1 aliphatic rings. The van der Waals surface area contributed by atoms with Gasteiger partial charge in [0.25, 0.3) is 5.69 Å². The fraction of sp³-hybridized carbons (Fsp3) is 0.538. The Morgan fingerprint density at radius 1 is 1.39 bits per heavy atom. The van der Waals surface area contributed by atoms with Crippen LogP contribution in [0.15, 0.2) is 18.2 Å². The summed E-state index contributed by atoms with van der Waals surface area (Å²) in [6.45, 7) is 5.52. The maximum absolute atomic E-state index is 10.8. The summed E-state index contributed by atoms with van der Waals surface area (Å²) >= 11 is 2.04. The lowest BCUT2D eigenvalue weighted by Gasteiger charge is -2.38. The van der Waals surface area contributed by atoms with Crippen LogP contribution in [0.5, 0.6) is 0 Å². The van der Waals surface area contributed by atoms with Gasteiger partial charge in [0, 0.05) is 24.3 Å². The Labute approximate surface area is 121 Å². The average Bonchev–Trinajstić information content (AvgIpc) is 2.31. The summed E-state index contributed by atoms with van der Waals surface area (Å²) in [5.41, 5.74) is 1.29. The normalized spacial score (nSPS) is 24.1. The zero-order valence-corrected chi connectivity index (χ0v) is 12.8. The molecule has 1 heterocycles. The molecule has 0 radical (unpaired) electrons. The highest BCUT2D eigenvalue weighted by Crippen LogP contribution is 2.31. The molecule has 2 unspecified atom stereocenters. The van der Waals surface area contributed by atoms with Crippen molar-refractivity contribution < 1.29 is 4.92 Å². The Morgan fingerprint density at radius 3 is 2.72 bits per heavy atom.